The summed E-state index contributed by atoms with van der Waals surface area (Å²) < 4.78 is 0. The van der Waals surface area contributed by atoms with E-state index in [1.807, 2.05) is 13.8 Å². The molecule has 0 aromatic rings. The van der Waals surface area contributed by atoms with E-state index in [4.69, 9.17) is 0 Å². The summed E-state index contributed by atoms with van der Waals surface area (Å²) in [7, 11) is 0. The number of nitrogens with one attached hydrogen (secondary N) is 1. The fourth-order valence-electron chi connectivity index (χ4n) is 2.44. The molecule has 5 nitrogen and oxygen atoms in total. The Morgan fingerprint density at radius 2 is 1.94 bits per heavy atom. The van der Waals surface area contributed by atoms with Gasteiger partial charge in [0.15, 0.2) is 0 Å². The molecular formula is C12H18N2O3. The molecule has 94 valence electrons. The van der Waals surface area contributed by atoms with Crippen molar-refractivity contribution in [2.45, 2.75) is 52.0 Å². The van der Waals surface area contributed by atoms with Crippen LogP contribution in [0.25, 0.3) is 0 Å². The first kappa shape index (κ1) is 12.1. The molecular weight excluding hydrogens is 220 g/mol. The normalized spacial score (nSPS) is 23.9. The van der Waals surface area contributed by atoms with Gasteiger partial charge in [0, 0.05) is 6.04 Å². The number of rotatable bonds is 4. The highest BCUT2D eigenvalue weighted by molar-refractivity contribution is 6.21. The van der Waals surface area contributed by atoms with Gasteiger partial charge in [0.1, 0.15) is 5.41 Å². The molecule has 1 spiro atoms. The van der Waals surface area contributed by atoms with E-state index in [0.717, 1.165) is 19.3 Å². The first-order valence-electron chi connectivity index (χ1n) is 6.26. The van der Waals surface area contributed by atoms with Crippen LogP contribution in [0.15, 0.2) is 0 Å². The number of hydrogen-bond donors (Lipinski definition) is 1. The van der Waals surface area contributed by atoms with Crippen molar-refractivity contribution in [2.75, 3.05) is 0 Å². The maximum atomic E-state index is 12.2. The topological polar surface area (TPSA) is 66.5 Å². The van der Waals surface area contributed by atoms with E-state index in [-0.39, 0.29) is 11.9 Å². The minimum Gasteiger partial charge on any atom is -0.277 e. The highest BCUT2D eigenvalue weighted by Gasteiger charge is 2.62. The minimum absolute atomic E-state index is 0.0851. The lowest BCUT2D eigenvalue weighted by Gasteiger charge is -2.35. The highest BCUT2D eigenvalue weighted by atomic mass is 16.2. The van der Waals surface area contributed by atoms with Crippen LogP contribution in [0.3, 0.4) is 0 Å². The van der Waals surface area contributed by atoms with Gasteiger partial charge in [-0.1, -0.05) is 20.3 Å². The summed E-state index contributed by atoms with van der Waals surface area (Å²) in [5, 5.41) is 2.31. The predicted octanol–water partition coefficient (Wildman–Crippen LogP) is 1.42. The third-order valence-electron chi connectivity index (χ3n) is 3.71. The van der Waals surface area contributed by atoms with Gasteiger partial charge in [-0.3, -0.25) is 19.8 Å². The lowest BCUT2D eigenvalue weighted by Crippen LogP contribution is -2.61. The Labute approximate surface area is 101 Å². The summed E-state index contributed by atoms with van der Waals surface area (Å²) in [5.74, 6) is -0.693. The number of barbiturate groups is 1. The molecule has 1 aliphatic carbocycles. The summed E-state index contributed by atoms with van der Waals surface area (Å²) in [6.45, 7) is 3.98. The number of imide groups is 2. The molecule has 17 heavy (non-hydrogen) atoms. The number of urea groups is 1. The minimum atomic E-state index is -0.908. The Hall–Kier alpha value is -1.39. The van der Waals surface area contributed by atoms with Gasteiger partial charge >= 0.3 is 6.03 Å². The first-order valence-corrected chi connectivity index (χ1v) is 6.26. The molecule has 1 unspecified atom stereocenters. The zero-order valence-electron chi connectivity index (χ0n) is 10.3. The molecule has 0 radical (unpaired) electrons. The van der Waals surface area contributed by atoms with Crippen LogP contribution in [0.2, 0.25) is 0 Å². The zero-order valence-corrected chi connectivity index (χ0v) is 10.3. The van der Waals surface area contributed by atoms with Gasteiger partial charge in [0.05, 0.1) is 0 Å². The monoisotopic (exact) mass is 238 g/mol. The number of carbonyl (C=O) groups is 3. The summed E-state index contributed by atoms with van der Waals surface area (Å²) in [5.41, 5.74) is -0.908. The molecule has 1 atom stereocenters. The Morgan fingerprint density at radius 3 is 2.41 bits per heavy atom. The van der Waals surface area contributed by atoms with Crippen molar-refractivity contribution in [1.29, 1.82) is 0 Å². The number of amides is 4. The summed E-state index contributed by atoms with van der Waals surface area (Å²) in [6.07, 6.45) is 3.59. The Bertz CT molecular complexity index is 374. The molecule has 1 N–H and O–H groups in total. The van der Waals surface area contributed by atoms with Crippen LogP contribution >= 0.6 is 0 Å². The van der Waals surface area contributed by atoms with Gasteiger partial charge in [0.25, 0.3) is 0 Å². The van der Waals surface area contributed by atoms with Gasteiger partial charge in [-0.25, -0.2) is 4.79 Å². The van der Waals surface area contributed by atoms with Gasteiger partial charge in [-0.2, -0.15) is 0 Å². The molecule has 1 saturated heterocycles. The molecule has 4 amide bonds. The lowest BCUT2D eigenvalue weighted by molar-refractivity contribution is -0.146. The summed E-state index contributed by atoms with van der Waals surface area (Å²) >= 11 is 0. The molecule has 1 heterocycles. The summed E-state index contributed by atoms with van der Waals surface area (Å²) in [4.78, 5) is 36.9. The average molecular weight is 238 g/mol. The lowest BCUT2D eigenvalue weighted by atomic mass is 9.98. The number of carbonyl (C=O) groups excluding carboxylic acids is 3. The largest absolute Gasteiger partial charge is 0.331 e. The standard InChI is InChI=1S/C12H18N2O3/c1-3-5-8(4-2)14-10(16)12(6-7-12)9(15)13-11(14)17/h8H,3-7H2,1-2H3,(H,13,15,17). The average Bonchev–Trinajstić information content (AvgIpc) is 3.07. The van der Waals surface area contributed by atoms with Crippen molar-refractivity contribution in [3.63, 3.8) is 0 Å². The van der Waals surface area contributed by atoms with Crippen LogP contribution in [0, 0.1) is 5.41 Å². The first-order chi connectivity index (χ1) is 8.06. The fraction of sp³-hybridized carbons (Fsp3) is 0.750. The second kappa shape index (κ2) is 4.13. The van der Waals surface area contributed by atoms with Crippen molar-refractivity contribution in [3.8, 4) is 0 Å². The second-order valence-corrected chi connectivity index (χ2v) is 4.87. The second-order valence-electron chi connectivity index (χ2n) is 4.87. The van der Waals surface area contributed by atoms with Crippen molar-refractivity contribution in [1.82, 2.24) is 10.2 Å². The molecule has 2 aliphatic rings. The molecule has 0 bridgehead atoms. The molecule has 0 aromatic carbocycles. The van der Waals surface area contributed by atoms with Crippen LogP contribution in [0.1, 0.15) is 46.0 Å². The van der Waals surface area contributed by atoms with E-state index < -0.39 is 17.4 Å². The summed E-state index contributed by atoms with van der Waals surface area (Å²) in [6, 6.07) is -0.629. The van der Waals surface area contributed by atoms with Gasteiger partial charge in [-0.15, -0.1) is 0 Å². The maximum Gasteiger partial charge on any atom is 0.331 e. The molecule has 2 fully saturated rings. The van der Waals surface area contributed by atoms with Crippen LogP contribution in [-0.2, 0) is 9.59 Å². The van der Waals surface area contributed by atoms with E-state index in [1.165, 1.54) is 4.90 Å². The van der Waals surface area contributed by atoms with Gasteiger partial charge in [-0.05, 0) is 25.7 Å². The molecule has 1 saturated carbocycles. The van der Waals surface area contributed by atoms with Crippen molar-refractivity contribution < 1.29 is 14.4 Å². The van der Waals surface area contributed by atoms with E-state index in [2.05, 4.69) is 5.32 Å². The fourth-order valence-corrected chi connectivity index (χ4v) is 2.44. The maximum absolute atomic E-state index is 12.2. The Kier molecular flexibility index (Phi) is 2.93. The van der Waals surface area contributed by atoms with E-state index in [1.54, 1.807) is 0 Å². The zero-order chi connectivity index (χ0) is 12.6. The van der Waals surface area contributed by atoms with E-state index >= 15 is 0 Å². The number of nitrogens with zero attached hydrogens (tertiary/aromatic N) is 1. The predicted molar refractivity (Wildman–Crippen MR) is 61.0 cm³/mol. The van der Waals surface area contributed by atoms with Crippen LogP contribution in [0.4, 0.5) is 4.79 Å². The SMILES string of the molecule is CCCC(CC)N1C(=O)NC(=O)C2(CC2)C1=O. The smallest absolute Gasteiger partial charge is 0.277 e. The van der Waals surface area contributed by atoms with Crippen LogP contribution in [-0.4, -0.2) is 28.8 Å². The Morgan fingerprint density at radius 1 is 1.29 bits per heavy atom. The number of hydrogen-bond acceptors (Lipinski definition) is 3. The highest BCUT2D eigenvalue weighted by Crippen LogP contribution is 2.49. The quantitative estimate of drug-likeness (QED) is 0.753. The molecule has 0 aromatic heterocycles. The molecule has 1 aliphatic heterocycles. The van der Waals surface area contributed by atoms with E-state index in [0.29, 0.717) is 12.8 Å². The molecule has 5 heteroatoms. The van der Waals surface area contributed by atoms with Crippen molar-refractivity contribution >= 4 is 17.8 Å². The van der Waals surface area contributed by atoms with Crippen molar-refractivity contribution in [3.05, 3.63) is 0 Å². The molecule has 2 rings (SSSR count). The van der Waals surface area contributed by atoms with Crippen LogP contribution in [0.5, 0.6) is 0 Å². The third kappa shape index (κ3) is 1.73. The van der Waals surface area contributed by atoms with Gasteiger partial charge < -0.3 is 0 Å². The van der Waals surface area contributed by atoms with E-state index in [9.17, 15) is 14.4 Å². The van der Waals surface area contributed by atoms with Gasteiger partial charge in [0.2, 0.25) is 11.8 Å². The third-order valence-corrected chi connectivity index (χ3v) is 3.71. The van der Waals surface area contributed by atoms with Crippen LogP contribution < -0.4 is 5.32 Å². The Balaban J connectivity index is 2.23. The van der Waals surface area contributed by atoms with Crippen molar-refractivity contribution in [2.24, 2.45) is 5.41 Å².